The highest BCUT2D eigenvalue weighted by Gasteiger charge is 2.26. The highest BCUT2D eigenvalue weighted by Crippen LogP contribution is 2.28. The van der Waals surface area contributed by atoms with E-state index in [0.717, 1.165) is 17.7 Å². The van der Waals surface area contributed by atoms with Crippen LogP contribution in [0.25, 0.3) is 0 Å². The zero-order valence-electron chi connectivity index (χ0n) is 13.9. The number of nitrogens with zero attached hydrogens (tertiary/aromatic N) is 1. The fraction of sp³-hybridized carbons (Fsp3) is 0.222. The lowest BCUT2D eigenvalue weighted by Crippen LogP contribution is -2.39. The van der Waals surface area contributed by atoms with E-state index in [9.17, 15) is 18.0 Å². The molecule has 0 fully saturated rings. The molecule has 0 saturated heterocycles. The first-order valence-corrected chi connectivity index (χ1v) is 9.73. The van der Waals surface area contributed by atoms with Gasteiger partial charge in [-0.1, -0.05) is 18.2 Å². The van der Waals surface area contributed by atoms with Gasteiger partial charge in [0.1, 0.15) is 0 Å². The van der Waals surface area contributed by atoms with Gasteiger partial charge in [0.05, 0.1) is 17.9 Å². The van der Waals surface area contributed by atoms with E-state index >= 15 is 0 Å². The van der Waals surface area contributed by atoms with Crippen molar-refractivity contribution in [1.29, 1.82) is 0 Å². The number of hydrogen-bond acceptors (Lipinski definition) is 4. The van der Waals surface area contributed by atoms with Crippen LogP contribution in [0.15, 0.2) is 47.4 Å². The van der Waals surface area contributed by atoms with Gasteiger partial charge in [0.2, 0.25) is 21.8 Å². The highest BCUT2D eigenvalue weighted by molar-refractivity contribution is 7.89. The molecular formula is C18H17N3O4S. The maximum absolute atomic E-state index is 12.5. The van der Waals surface area contributed by atoms with Crippen molar-refractivity contribution in [3.05, 3.63) is 53.6 Å². The number of amides is 2. The molecule has 2 heterocycles. The van der Waals surface area contributed by atoms with E-state index in [-0.39, 0.29) is 29.7 Å². The molecule has 0 atom stereocenters. The number of sulfonamides is 1. The summed E-state index contributed by atoms with van der Waals surface area (Å²) >= 11 is 0. The minimum absolute atomic E-state index is 0.0439. The lowest BCUT2D eigenvalue weighted by molar-refractivity contribution is -0.117. The third kappa shape index (κ3) is 2.97. The van der Waals surface area contributed by atoms with Crippen molar-refractivity contribution in [3.63, 3.8) is 0 Å². The van der Waals surface area contributed by atoms with Crippen molar-refractivity contribution >= 4 is 33.2 Å². The number of fused-ring (bicyclic) bond motifs is 2. The third-order valence-electron chi connectivity index (χ3n) is 4.61. The maximum atomic E-state index is 12.5. The molecule has 7 nitrogen and oxygen atoms in total. The smallest absolute Gasteiger partial charge is 0.242 e. The molecule has 2 aromatic carbocycles. The Hall–Kier alpha value is -2.71. The molecule has 0 radical (unpaired) electrons. The quantitative estimate of drug-likeness (QED) is 0.840. The van der Waals surface area contributed by atoms with E-state index < -0.39 is 10.0 Å². The molecule has 0 bridgehead atoms. The van der Waals surface area contributed by atoms with Gasteiger partial charge in [-0.15, -0.1) is 0 Å². The number of hydrogen-bond donors (Lipinski definition) is 2. The number of carbonyl (C=O) groups excluding carboxylic acids is 2. The summed E-state index contributed by atoms with van der Waals surface area (Å²) in [5.74, 6) is -0.457. The van der Waals surface area contributed by atoms with Gasteiger partial charge < -0.3 is 10.2 Å². The van der Waals surface area contributed by atoms with Crippen LogP contribution < -0.4 is 14.9 Å². The van der Waals surface area contributed by atoms with Gasteiger partial charge in [0, 0.05) is 17.9 Å². The SMILES string of the molecule is O=C1Cc2cc(S(=O)(=O)NCC(=O)N3CCc4ccccc43)ccc2N1. The number of para-hydroxylation sites is 1. The largest absolute Gasteiger partial charge is 0.326 e. The van der Waals surface area contributed by atoms with E-state index in [4.69, 9.17) is 0 Å². The van der Waals surface area contributed by atoms with Crippen LogP contribution in [-0.4, -0.2) is 33.3 Å². The topological polar surface area (TPSA) is 95.6 Å². The van der Waals surface area contributed by atoms with E-state index in [1.807, 2.05) is 24.3 Å². The Morgan fingerprint density at radius 1 is 1.15 bits per heavy atom. The third-order valence-corrected chi connectivity index (χ3v) is 6.01. The summed E-state index contributed by atoms with van der Waals surface area (Å²) in [5.41, 5.74) is 3.18. The van der Waals surface area contributed by atoms with E-state index in [0.29, 0.717) is 17.8 Å². The molecule has 2 N–H and O–H groups in total. The lowest BCUT2D eigenvalue weighted by atomic mass is 10.2. The minimum Gasteiger partial charge on any atom is -0.326 e. The Balaban J connectivity index is 1.47. The number of rotatable bonds is 4. The average molecular weight is 371 g/mol. The fourth-order valence-electron chi connectivity index (χ4n) is 3.31. The predicted molar refractivity (Wildman–Crippen MR) is 96.5 cm³/mol. The van der Waals surface area contributed by atoms with Crippen molar-refractivity contribution in [2.75, 3.05) is 23.3 Å². The Bertz CT molecular complexity index is 1020. The second-order valence-electron chi connectivity index (χ2n) is 6.29. The van der Waals surface area contributed by atoms with Gasteiger partial charge in [-0.2, -0.15) is 0 Å². The van der Waals surface area contributed by atoms with Crippen LogP contribution in [0, 0.1) is 0 Å². The zero-order chi connectivity index (χ0) is 18.3. The standard InChI is InChI=1S/C18H17N3O4S/c22-17-10-13-9-14(5-6-15(13)20-17)26(24,25)19-11-18(23)21-8-7-12-3-1-2-4-16(12)21/h1-6,9,19H,7-8,10-11H2,(H,20,22). The van der Waals surface area contributed by atoms with Gasteiger partial charge in [-0.05, 0) is 41.8 Å². The van der Waals surface area contributed by atoms with Crippen LogP contribution in [0.3, 0.4) is 0 Å². The van der Waals surface area contributed by atoms with Crippen molar-refractivity contribution < 1.29 is 18.0 Å². The summed E-state index contributed by atoms with van der Waals surface area (Å²) in [6, 6.07) is 12.0. The molecule has 26 heavy (non-hydrogen) atoms. The first-order chi connectivity index (χ1) is 12.4. The summed E-state index contributed by atoms with van der Waals surface area (Å²) in [7, 11) is -3.84. The monoisotopic (exact) mass is 371 g/mol. The molecule has 2 aliphatic heterocycles. The van der Waals surface area contributed by atoms with Crippen LogP contribution in [0.4, 0.5) is 11.4 Å². The van der Waals surface area contributed by atoms with Crippen LogP contribution in [0.5, 0.6) is 0 Å². The van der Waals surface area contributed by atoms with Crippen molar-refractivity contribution in [2.24, 2.45) is 0 Å². The summed E-state index contributed by atoms with van der Waals surface area (Å²) in [5, 5.41) is 2.66. The fourth-order valence-corrected chi connectivity index (χ4v) is 4.33. The van der Waals surface area contributed by atoms with Crippen molar-refractivity contribution in [2.45, 2.75) is 17.7 Å². The summed E-state index contributed by atoms with van der Waals surface area (Å²) in [4.78, 5) is 25.5. The molecule has 134 valence electrons. The highest BCUT2D eigenvalue weighted by atomic mass is 32.2. The molecule has 0 aliphatic carbocycles. The Morgan fingerprint density at radius 2 is 1.96 bits per heavy atom. The van der Waals surface area contributed by atoms with E-state index in [2.05, 4.69) is 10.0 Å². The number of nitrogens with one attached hydrogen (secondary N) is 2. The number of anilines is 2. The van der Waals surface area contributed by atoms with Crippen molar-refractivity contribution in [1.82, 2.24) is 4.72 Å². The van der Waals surface area contributed by atoms with Crippen LogP contribution in [0.1, 0.15) is 11.1 Å². The molecule has 8 heteroatoms. The van der Waals surface area contributed by atoms with Gasteiger partial charge in [-0.3, -0.25) is 9.59 Å². The molecule has 0 aromatic heterocycles. The first kappa shape index (κ1) is 16.7. The number of carbonyl (C=O) groups is 2. The Morgan fingerprint density at radius 3 is 2.81 bits per heavy atom. The molecule has 2 amide bonds. The molecular weight excluding hydrogens is 354 g/mol. The summed E-state index contributed by atoms with van der Waals surface area (Å²) in [6.07, 6.45) is 0.919. The average Bonchev–Trinajstić information content (AvgIpc) is 3.21. The summed E-state index contributed by atoms with van der Waals surface area (Å²) in [6.45, 7) is 0.234. The molecule has 2 aliphatic rings. The van der Waals surface area contributed by atoms with Gasteiger partial charge in [0.25, 0.3) is 0 Å². The molecule has 0 saturated carbocycles. The second-order valence-corrected chi connectivity index (χ2v) is 8.06. The minimum atomic E-state index is -3.84. The van der Waals surface area contributed by atoms with Crippen molar-refractivity contribution in [3.8, 4) is 0 Å². The van der Waals surface area contributed by atoms with Crippen LogP contribution in [-0.2, 0) is 32.5 Å². The Kier molecular flexibility index (Phi) is 4.01. The number of benzene rings is 2. The summed E-state index contributed by atoms with van der Waals surface area (Å²) < 4.78 is 27.3. The van der Waals surface area contributed by atoms with Gasteiger partial charge in [0.15, 0.2) is 0 Å². The first-order valence-electron chi connectivity index (χ1n) is 8.25. The molecule has 2 aromatic rings. The van der Waals surface area contributed by atoms with E-state index in [1.54, 1.807) is 11.0 Å². The Labute approximate surface area is 151 Å². The van der Waals surface area contributed by atoms with Crippen LogP contribution in [0.2, 0.25) is 0 Å². The maximum Gasteiger partial charge on any atom is 0.242 e. The predicted octanol–water partition coefficient (Wildman–Crippen LogP) is 1.05. The van der Waals surface area contributed by atoms with E-state index in [1.165, 1.54) is 12.1 Å². The van der Waals surface area contributed by atoms with Gasteiger partial charge in [-0.25, -0.2) is 13.1 Å². The lowest BCUT2D eigenvalue weighted by Gasteiger charge is -2.17. The van der Waals surface area contributed by atoms with Gasteiger partial charge >= 0.3 is 0 Å². The zero-order valence-corrected chi connectivity index (χ0v) is 14.7. The second kappa shape index (κ2) is 6.22. The molecule has 0 unspecified atom stereocenters. The van der Waals surface area contributed by atoms with Crippen LogP contribution >= 0.6 is 0 Å². The molecule has 0 spiro atoms. The molecule has 4 rings (SSSR count). The normalized spacial score (nSPS) is 15.5.